The largest absolute Gasteiger partial charge is 0.434 e. The Morgan fingerprint density at radius 1 is 1.28 bits per heavy atom. The quantitative estimate of drug-likeness (QED) is 0.772. The molecule has 1 aliphatic heterocycles. The Bertz CT molecular complexity index is 687. The van der Waals surface area contributed by atoms with Gasteiger partial charge in [-0.05, 0) is 39.3 Å². The van der Waals surface area contributed by atoms with E-state index in [4.69, 9.17) is 0 Å². The molecular formula is C19H25F2N3O. The summed E-state index contributed by atoms with van der Waals surface area (Å²) < 4.78 is 32.1. The molecule has 2 heterocycles. The summed E-state index contributed by atoms with van der Waals surface area (Å²) in [7, 11) is 0. The smallest absolute Gasteiger partial charge is 0.387 e. The van der Waals surface area contributed by atoms with Crippen molar-refractivity contribution in [1.29, 1.82) is 0 Å². The van der Waals surface area contributed by atoms with E-state index in [9.17, 15) is 8.78 Å². The molecule has 1 unspecified atom stereocenters. The maximum Gasteiger partial charge on any atom is 0.387 e. The predicted molar refractivity (Wildman–Crippen MR) is 92.9 cm³/mol. The molecule has 1 atom stereocenters. The van der Waals surface area contributed by atoms with Gasteiger partial charge in [0.15, 0.2) is 0 Å². The van der Waals surface area contributed by atoms with Crippen LogP contribution in [0.25, 0.3) is 0 Å². The first-order valence-electron chi connectivity index (χ1n) is 8.82. The maximum absolute atomic E-state index is 12.6. The lowest BCUT2D eigenvalue weighted by atomic mass is 9.96. The van der Waals surface area contributed by atoms with Crippen molar-refractivity contribution in [2.75, 3.05) is 13.1 Å². The van der Waals surface area contributed by atoms with Crippen LogP contribution in [0, 0.1) is 0 Å². The first-order chi connectivity index (χ1) is 12.0. The highest BCUT2D eigenvalue weighted by molar-refractivity contribution is 5.33. The molecule has 0 radical (unpaired) electrons. The number of piperidine rings is 1. The van der Waals surface area contributed by atoms with E-state index in [2.05, 4.69) is 33.0 Å². The van der Waals surface area contributed by atoms with Crippen molar-refractivity contribution < 1.29 is 13.5 Å². The van der Waals surface area contributed by atoms with E-state index in [1.54, 1.807) is 12.1 Å². The van der Waals surface area contributed by atoms with Gasteiger partial charge in [0.25, 0.3) is 0 Å². The Balaban J connectivity index is 1.71. The van der Waals surface area contributed by atoms with Crippen LogP contribution >= 0.6 is 0 Å². The highest BCUT2D eigenvalue weighted by Gasteiger charge is 2.26. The minimum Gasteiger partial charge on any atom is -0.434 e. The Kier molecular flexibility index (Phi) is 5.68. The van der Waals surface area contributed by atoms with Gasteiger partial charge in [0, 0.05) is 43.0 Å². The van der Waals surface area contributed by atoms with Gasteiger partial charge in [0.1, 0.15) is 11.6 Å². The van der Waals surface area contributed by atoms with Crippen LogP contribution in [-0.2, 0) is 6.54 Å². The van der Waals surface area contributed by atoms with E-state index in [1.807, 2.05) is 24.5 Å². The monoisotopic (exact) mass is 349 g/mol. The van der Waals surface area contributed by atoms with Crippen molar-refractivity contribution >= 4 is 0 Å². The standard InChI is InChI=1S/C19H25F2N3O/c1-14(2)24-11-9-22-18(24)16-7-5-10-23(13-16)12-15-6-3-4-8-17(15)25-19(20)21/h3-4,6,8-9,11,14,16,19H,5,7,10,12-13H2,1-2H3. The summed E-state index contributed by atoms with van der Waals surface area (Å²) in [4.78, 5) is 6.88. The molecule has 1 aliphatic rings. The van der Waals surface area contributed by atoms with Gasteiger partial charge in [-0.15, -0.1) is 0 Å². The van der Waals surface area contributed by atoms with Gasteiger partial charge in [-0.1, -0.05) is 18.2 Å². The van der Waals surface area contributed by atoms with Crippen molar-refractivity contribution in [3.05, 3.63) is 48.0 Å². The van der Waals surface area contributed by atoms with E-state index in [0.29, 0.717) is 18.5 Å². The fraction of sp³-hybridized carbons (Fsp3) is 0.526. The SMILES string of the molecule is CC(C)n1ccnc1C1CCCN(Cc2ccccc2OC(F)F)C1. The predicted octanol–water partition coefficient (Wildman–Crippen LogP) is 4.45. The number of benzene rings is 1. The topological polar surface area (TPSA) is 30.3 Å². The number of nitrogens with zero attached hydrogens (tertiary/aromatic N) is 3. The second kappa shape index (κ2) is 7.95. The van der Waals surface area contributed by atoms with Crippen molar-refractivity contribution in [2.45, 2.75) is 51.8 Å². The molecule has 0 N–H and O–H groups in total. The highest BCUT2D eigenvalue weighted by Crippen LogP contribution is 2.30. The third-order valence-electron chi connectivity index (χ3n) is 4.71. The lowest BCUT2D eigenvalue weighted by Gasteiger charge is -2.33. The van der Waals surface area contributed by atoms with E-state index >= 15 is 0 Å². The van der Waals surface area contributed by atoms with Crippen LogP contribution in [0.15, 0.2) is 36.7 Å². The molecule has 0 bridgehead atoms. The third kappa shape index (κ3) is 4.37. The summed E-state index contributed by atoms with van der Waals surface area (Å²) in [5.74, 6) is 1.76. The molecule has 0 amide bonds. The Morgan fingerprint density at radius 2 is 2.08 bits per heavy atom. The molecule has 4 nitrogen and oxygen atoms in total. The zero-order valence-corrected chi connectivity index (χ0v) is 14.7. The third-order valence-corrected chi connectivity index (χ3v) is 4.71. The average Bonchev–Trinajstić information content (AvgIpc) is 3.06. The molecule has 1 aromatic carbocycles. The van der Waals surface area contributed by atoms with Crippen molar-refractivity contribution in [3.63, 3.8) is 0 Å². The zero-order valence-electron chi connectivity index (χ0n) is 14.7. The lowest BCUT2D eigenvalue weighted by Crippen LogP contribution is -2.35. The molecule has 0 saturated carbocycles. The molecular weight excluding hydrogens is 324 g/mol. The number of hydrogen-bond donors (Lipinski definition) is 0. The summed E-state index contributed by atoms with van der Waals surface area (Å²) in [6.45, 7) is 3.97. The van der Waals surface area contributed by atoms with Gasteiger partial charge in [0.2, 0.25) is 0 Å². The Labute approximate surface area is 147 Å². The summed E-state index contributed by atoms with van der Waals surface area (Å²) in [5, 5.41) is 0. The van der Waals surface area contributed by atoms with Crippen molar-refractivity contribution in [1.82, 2.24) is 14.5 Å². The van der Waals surface area contributed by atoms with E-state index in [-0.39, 0.29) is 5.75 Å². The minimum atomic E-state index is -2.80. The minimum absolute atomic E-state index is 0.267. The first kappa shape index (κ1) is 17.9. The highest BCUT2D eigenvalue weighted by atomic mass is 19.3. The van der Waals surface area contributed by atoms with E-state index in [0.717, 1.165) is 37.3 Å². The summed E-state index contributed by atoms with van der Waals surface area (Å²) in [6, 6.07) is 7.43. The number of hydrogen-bond acceptors (Lipinski definition) is 3. The lowest BCUT2D eigenvalue weighted by molar-refractivity contribution is -0.0508. The number of aromatic nitrogens is 2. The van der Waals surface area contributed by atoms with Gasteiger partial charge in [-0.3, -0.25) is 4.90 Å². The number of likely N-dealkylation sites (tertiary alicyclic amines) is 1. The van der Waals surface area contributed by atoms with Crippen LogP contribution in [0.4, 0.5) is 8.78 Å². The fourth-order valence-electron chi connectivity index (χ4n) is 3.57. The van der Waals surface area contributed by atoms with Gasteiger partial charge in [-0.2, -0.15) is 8.78 Å². The second-order valence-electron chi connectivity index (χ2n) is 6.85. The number of para-hydroxylation sites is 1. The summed E-state index contributed by atoms with van der Waals surface area (Å²) in [6.07, 6.45) is 6.08. The Morgan fingerprint density at radius 3 is 2.84 bits per heavy atom. The molecule has 1 aromatic heterocycles. The zero-order chi connectivity index (χ0) is 17.8. The molecule has 1 saturated heterocycles. The van der Waals surface area contributed by atoms with Gasteiger partial charge in [0.05, 0.1) is 0 Å². The van der Waals surface area contributed by atoms with Gasteiger partial charge in [-0.25, -0.2) is 4.98 Å². The summed E-state index contributed by atoms with van der Waals surface area (Å²) >= 11 is 0. The summed E-state index contributed by atoms with van der Waals surface area (Å²) in [5.41, 5.74) is 0.802. The molecule has 25 heavy (non-hydrogen) atoms. The van der Waals surface area contributed by atoms with Crippen LogP contribution in [0.5, 0.6) is 5.75 Å². The number of alkyl halides is 2. The number of ether oxygens (including phenoxy) is 1. The van der Waals surface area contributed by atoms with Crippen LogP contribution in [0.3, 0.4) is 0 Å². The van der Waals surface area contributed by atoms with E-state index in [1.165, 1.54) is 0 Å². The number of rotatable bonds is 6. The van der Waals surface area contributed by atoms with Crippen LogP contribution in [-0.4, -0.2) is 34.2 Å². The van der Waals surface area contributed by atoms with Gasteiger partial charge < -0.3 is 9.30 Å². The first-order valence-corrected chi connectivity index (χ1v) is 8.82. The van der Waals surface area contributed by atoms with Crippen LogP contribution < -0.4 is 4.74 Å². The molecule has 3 rings (SSSR count). The molecule has 2 aromatic rings. The molecule has 6 heteroatoms. The second-order valence-corrected chi connectivity index (χ2v) is 6.85. The van der Waals surface area contributed by atoms with Crippen LogP contribution in [0.2, 0.25) is 0 Å². The van der Waals surface area contributed by atoms with Crippen molar-refractivity contribution in [3.8, 4) is 5.75 Å². The van der Waals surface area contributed by atoms with Gasteiger partial charge >= 0.3 is 6.61 Å². The Hall–Kier alpha value is -1.95. The molecule has 0 spiro atoms. The molecule has 0 aliphatic carbocycles. The molecule has 136 valence electrons. The normalized spacial score (nSPS) is 18.9. The maximum atomic E-state index is 12.6. The van der Waals surface area contributed by atoms with Crippen LogP contribution in [0.1, 0.15) is 50.0 Å². The van der Waals surface area contributed by atoms with Crippen molar-refractivity contribution in [2.24, 2.45) is 0 Å². The van der Waals surface area contributed by atoms with E-state index < -0.39 is 6.61 Å². The fourth-order valence-corrected chi connectivity index (χ4v) is 3.57. The average molecular weight is 349 g/mol. The number of halogens is 2. The number of imidazole rings is 1. The molecule has 1 fully saturated rings.